The van der Waals surface area contributed by atoms with Crippen molar-refractivity contribution in [3.05, 3.63) is 53.6 Å². The number of hydrogen-bond acceptors (Lipinski definition) is 6. The van der Waals surface area contributed by atoms with E-state index in [1.54, 1.807) is 24.3 Å². The van der Waals surface area contributed by atoms with Crippen molar-refractivity contribution >= 4 is 29.6 Å². The first-order valence-corrected chi connectivity index (χ1v) is 7.87. The lowest BCUT2D eigenvalue weighted by Gasteiger charge is -2.27. The summed E-state index contributed by atoms with van der Waals surface area (Å²) >= 11 is 0. The number of rotatable bonds is 4. The summed E-state index contributed by atoms with van der Waals surface area (Å²) in [6.45, 7) is 0. The van der Waals surface area contributed by atoms with Gasteiger partial charge in [-0.1, -0.05) is 18.2 Å². The number of phenolic OH excluding ortho intramolecular Hbond substituents is 1. The minimum atomic E-state index is -0.871. The van der Waals surface area contributed by atoms with Crippen molar-refractivity contribution in [3.63, 3.8) is 0 Å². The highest BCUT2D eigenvalue weighted by Crippen LogP contribution is 2.31. The maximum atomic E-state index is 12.9. The Labute approximate surface area is 154 Å². The van der Waals surface area contributed by atoms with Crippen LogP contribution in [0.1, 0.15) is 5.56 Å². The lowest BCUT2D eigenvalue weighted by atomic mass is 10.1. The van der Waals surface area contributed by atoms with Crippen LogP contribution >= 0.6 is 0 Å². The van der Waals surface area contributed by atoms with Crippen LogP contribution in [0, 0.1) is 0 Å². The number of nitrogens with zero attached hydrogens (tertiary/aromatic N) is 1. The normalized spacial score (nSPS) is 15.7. The fourth-order valence-corrected chi connectivity index (χ4v) is 2.65. The Hall–Kier alpha value is -3.81. The number of carbonyl (C=O) groups excluding carboxylic acids is 3. The van der Waals surface area contributed by atoms with Crippen molar-refractivity contribution in [2.24, 2.45) is 0 Å². The van der Waals surface area contributed by atoms with Crippen LogP contribution in [0.4, 0.5) is 10.5 Å². The second kappa shape index (κ2) is 7.20. The van der Waals surface area contributed by atoms with Gasteiger partial charge in [0, 0.05) is 0 Å². The number of amides is 4. The van der Waals surface area contributed by atoms with Crippen molar-refractivity contribution in [3.8, 4) is 17.2 Å². The van der Waals surface area contributed by atoms with Gasteiger partial charge in [0.1, 0.15) is 11.3 Å². The van der Waals surface area contributed by atoms with Gasteiger partial charge in [-0.25, -0.2) is 9.69 Å². The number of anilines is 1. The molecule has 0 bridgehead atoms. The minimum absolute atomic E-state index is 0.145. The SMILES string of the molecule is COc1ccc(C=C2C(=O)NC(=O)N(c3ccccc3OC)C2=O)cc1O. The molecule has 2 N–H and O–H groups in total. The molecular weight excluding hydrogens is 352 g/mol. The topological polar surface area (TPSA) is 105 Å². The molecule has 0 aliphatic carbocycles. The molecular formula is C19H16N2O6. The van der Waals surface area contributed by atoms with E-state index in [0.29, 0.717) is 11.3 Å². The number of aromatic hydroxyl groups is 1. The van der Waals surface area contributed by atoms with Crippen LogP contribution in [0.2, 0.25) is 0 Å². The summed E-state index contributed by atoms with van der Waals surface area (Å²) < 4.78 is 10.2. The summed E-state index contributed by atoms with van der Waals surface area (Å²) in [5, 5.41) is 12.0. The second-order valence-corrected chi connectivity index (χ2v) is 5.56. The zero-order valence-corrected chi connectivity index (χ0v) is 14.6. The Morgan fingerprint density at radius 2 is 1.70 bits per heavy atom. The number of methoxy groups -OCH3 is 2. The molecule has 1 heterocycles. The smallest absolute Gasteiger partial charge is 0.336 e. The molecule has 3 rings (SSSR count). The number of imide groups is 2. The van der Waals surface area contributed by atoms with Gasteiger partial charge in [-0.3, -0.25) is 14.9 Å². The van der Waals surface area contributed by atoms with E-state index in [1.165, 1.54) is 38.5 Å². The first kappa shape index (κ1) is 18.0. The molecule has 0 spiro atoms. The van der Waals surface area contributed by atoms with Crippen molar-refractivity contribution in [1.29, 1.82) is 0 Å². The molecule has 1 fully saturated rings. The molecule has 2 aromatic rings. The molecule has 0 radical (unpaired) electrons. The van der Waals surface area contributed by atoms with Gasteiger partial charge in [0.2, 0.25) is 0 Å². The van der Waals surface area contributed by atoms with Gasteiger partial charge in [-0.05, 0) is 35.9 Å². The number of hydrogen-bond donors (Lipinski definition) is 2. The third-order valence-corrected chi connectivity index (χ3v) is 3.94. The predicted octanol–water partition coefficient (Wildman–Crippen LogP) is 2.08. The number of benzene rings is 2. The van der Waals surface area contributed by atoms with E-state index in [2.05, 4.69) is 5.32 Å². The summed E-state index contributed by atoms with van der Waals surface area (Å²) in [5.41, 5.74) is 0.338. The van der Waals surface area contributed by atoms with Gasteiger partial charge in [0.15, 0.2) is 11.5 Å². The highest BCUT2D eigenvalue weighted by Gasteiger charge is 2.38. The Bertz CT molecular complexity index is 966. The third kappa shape index (κ3) is 3.32. The van der Waals surface area contributed by atoms with Gasteiger partial charge in [0.05, 0.1) is 19.9 Å². The minimum Gasteiger partial charge on any atom is -0.504 e. The van der Waals surface area contributed by atoms with Gasteiger partial charge in [0.25, 0.3) is 11.8 Å². The van der Waals surface area contributed by atoms with Crippen molar-refractivity contribution < 1.29 is 29.0 Å². The molecule has 1 aliphatic heterocycles. The van der Waals surface area contributed by atoms with Crippen LogP contribution in [0.5, 0.6) is 17.2 Å². The predicted molar refractivity (Wildman–Crippen MR) is 96.7 cm³/mol. The van der Waals surface area contributed by atoms with Crippen LogP contribution in [-0.2, 0) is 9.59 Å². The van der Waals surface area contributed by atoms with Gasteiger partial charge in [-0.15, -0.1) is 0 Å². The number of para-hydroxylation sites is 2. The number of urea groups is 1. The van der Waals surface area contributed by atoms with Crippen molar-refractivity contribution in [2.75, 3.05) is 19.1 Å². The summed E-state index contributed by atoms with van der Waals surface area (Å²) in [6.07, 6.45) is 1.28. The first-order valence-electron chi connectivity index (χ1n) is 7.87. The van der Waals surface area contributed by atoms with Crippen LogP contribution in [0.3, 0.4) is 0 Å². The summed E-state index contributed by atoms with van der Waals surface area (Å²) in [4.78, 5) is 38.1. The van der Waals surface area contributed by atoms with Crippen LogP contribution in [0.25, 0.3) is 6.08 Å². The highest BCUT2D eigenvalue weighted by molar-refractivity contribution is 6.39. The fourth-order valence-electron chi connectivity index (χ4n) is 2.65. The van der Waals surface area contributed by atoms with E-state index < -0.39 is 17.8 Å². The van der Waals surface area contributed by atoms with E-state index in [1.807, 2.05) is 0 Å². The van der Waals surface area contributed by atoms with Gasteiger partial charge in [-0.2, -0.15) is 0 Å². The van der Waals surface area contributed by atoms with E-state index in [0.717, 1.165) is 4.90 Å². The molecule has 27 heavy (non-hydrogen) atoms. The van der Waals surface area contributed by atoms with E-state index >= 15 is 0 Å². The molecule has 138 valence electrons. The molecule has 0 atom stereocenters. The average molecular weight is 368 g/mol. The Morgan fingerprint density at radius 3 is 2.37 bits per heavy atom. The molecule has 4 amide bonds. The number of nitrogens with one attached hydrogen (secondary N) is 1. The molecule has 0 aromatic heterocycles. The van der Waals surface area contributed by atoms with E-state index in [-0.39, 0.29) is 22.8 Å². The Morgan fingerprint density at radius 1 is 1.00 bits per heavy atom. The van der Waals surface area contributed by atoms with Crippen LogP contribution in [0.15, 0.2) is 48.0 Å². The summed E-state index contributed by atoms with van der Waals surface area (Å²) in [6, 6.07) is 9.99. The first-order chi connectivity index (χ1) is 13.0. The zero-order valence-electron chi connectivity index (χ0n) is 14.6. The van der Waals surface area contributed by atoms with E-state index in [9.17, 15) is 19.5 Å². The monoisotopic (exact) mass is 368 g/mol. The number of ether oxygens (including phenoxy) is 2. The molecule has 0 saturated carbocycles. The average Bonchev–Trinajstić information content (AvgIpc) is 2.65. The maximum Gasteiger partial charge on any atom is 0.336 e. The standard InChI is InChI=1S/C19H16N2O6/c1-26-15-6-4-3-5-13(15)21-18(24)12(17(23)20-19(21)25)9-11-7-8-16(27-2)14(22)10-11/h3-10,22H,1-2H3,(H,20,23,25). The Balaban J connectivity index is 2.03. The van der Waals surface area contributed by atoms with Crippen molar-refractivity contribution in [1.82, 2.24) is 5.32 Å². The van der Waals surface area contributed by atoms with E-state index in [4.69, 9.17) is 9.47 Å². The summed E-state index contributed by atoms with van der Waals surface area (Å²) in [7, 11) is 2.81. The maximum absolute atomic E-state index is 12.9. The number of barbiturate groups is 1. The lowest BCUT2D eigenvalue weighted by molar-refractivity contribution is -0.122. The van der Waals surface area contributed by atoms with Crippen LogP contribution in [-0.4, -0.2) is 37.2 Å². The number of phenols is 1. The lowest BCUT2D eigenvalue weighted by Crippen LogP contribution is -2.54. The molecule has 8 nitrogen and oxygen atoms in total. The number of carbonyl (C=O) groups is 3. The summed E-state index contributed by atoms with van der Waals surface area (Å²) in [5.74, 6) is -1.22. The second-order valence-electron chi connectivity index (χ2n) is 5.56. The van der Waals surface area contributed by atoms with Gasteiger partial charge < -0.3 is 14.6 Å². The third-order valence-electron chi connectivity index (χ3n) is 3.94. The largest absolute Gasteiger partial charge is 0.504 e. The fraction of sp³-hybridized carbons (Fsp3) is 0.105. The molecule has 2 aromatic carbocycles. The zero-order chi connectivity index (χ0) is 19.6. The van der Waals surface area contributed by atoms with Crippen LogP contribution < -0.4 is 19.7 Å². The molecule has 1 aliphatic rings. The molecule has 8 heteroatoms. The van der Waals surface area contributed by atoms with Gasteiger partial charge >= 0.3 is 6.03 Å². The quantitative estimate of drug-likeness (QED) is 0.632. The molecule has 1 saturated heterocycles. The van der Waals surface area contributed by atoms with Crippen molar-refractivity contribution in [2.45, 2.75) is 0 Å². The molecule has 0 unspecified atom stereocenters. The Kier molecular flexibility index (Phi) is 4.80. The highest BCUT2D eigenvalue weighted by atomic mass is 16.5.